The van der Waals surface area contributed by atoms with Crippen LogP contribution in [0.5, 0.6) is 0 Å². The number of carbonyl (C=O) groups excluding carboxylic acids is 1. The Hall–Kier alpha value is -2.60. The van der Waals surface area contributed by atoms with Crippen LogP contribution in [-0.2, 0) is 11.8 Å². The number of fused-ring (bicyclic) bond motifs is 2. The minimum Gasteiger partial charge on any atom is -0.462 e. The predicted molar refractivity (Wildman–Crippen MR) is 86.2 cm³/mol. The smallest absolute Gasteiger partial charge is 0.343 e. The molecule has 3 rings (SSSR count). The number of aryl methyl sites for hydroxylation is 1. The molecule has 0 saturated heterocycles. The molecule has 0 aliphatic heterocycles. The summed E-state index contributed by atoms with van der Waals surface area (Å²) >= 11 is 5.90. The van der Waals surface area contributed by atoms with Crippen LogP contribution in [0.25, 0.3) is 22.1 Å². The monoisotopic (exact) mass is 333 g/mol. The van der Waals surface area contributed by atoms with E-state index in [4.69, 9.17) is 20.8 Å². The van der Waals surface area contributed by atoms with E-state index in [1.54, 1.807) is 20.0 Å². The Morgan fingerprint density at radius 2 is 2.04 bits per heavy atom. The highest BCUT2D eigenvalue weighted by Crippen LogP contribution is 2.20. The zero-order valence-corrected chi connectivity index (χ0v) is 13.1. The van der Waals surface area contributed by atoms with E-state index in [1.807, 2.05) is 0 Å². The average molecular weight is 334 g/mol. The molecule has 1 aromatic carbocycles. The number of hydrogen-bond acceptors (Lipinski definition) is 5. The zero-order chi connectivity index (χ0) is 16.7. The third kappa shape index (κ3) is 2.41. The van der Waals surface area contributed by atoms with Crippen LogP contribution in [0.1, 0.15) is 17.3 Å². The molecule has 0 atom stereocenters. The molecule has 0 aliphatic rings. The maximum Gasteiger partial charge on any atom is 0.343 e. The molecular weight excluding hydrogens is 322 g/mol. The molecule has 0 radical (unpaired) electrons. The lowest BCUT2D eigenvalue weighted by atomic mass is 10.1. The summed E-state index contributed by atoms with van der Waals surface area (Å²) in [4.78, 5) is 37.0. The second kappa shape index (κ2) is 5.55. The van der Waals surface area contributed by atoms with Crippen molar-refractivity contribution in [1.29, 1.82) is 0 Å². The van der Waals surface area contributed by atoms with Crippen molar-refractivity contribution in [2.45, 2.75) is 6.92 Å². The van der Waals surface area contributed by atoms with Crippen LogP contribution in [0.4, 0.5) is 0 Å². The minimum absolute atomic E-state index is 0.0674. The molecule has 118 valence electrons. The lowest BCUT2D eigenvalue weighted by molar-refractivity contribution is 0.0524. The fourth-order valence-corrected chi connectivity index (χ4v) is 2.60. The van der Waals surface area contributed by atoms with E-state index in [1.165, 1.54) is 22.9 Å². The number of aromatic nitrogens is 1. The number of pyridine rings is 1. The van der Waals surface area contributed by atoms with Crippen molar-refractivity contribution >= 4 is 39.6 Å². The number of carbonyl (C=O) groups is 1. The van der Waals surface area contributed by atoms with Crippen LogP contribution in [0.15, 0.2) is 38.4 Å². The van der Waals surface area contributed by atoms with Crippen molar-refractivity contribution < 1.29 is 13.9 Å². The quantitative estimate of drug-likeness (QED) is 0.532. The Morgan fingerprint density at radius 1 is 1.30 bits per heavy atom. The normalized spacial score (nSPS) is 11.1. The third-order valence-electron chi connectivity index (χ3n) is 3.45. The number of ether oxygens (including phenoxy) is 1. The van der Waals surface area contributed by atoms with Gasteiger partial charge in [0.05, 0.1) is 12.0 Å². The van der Waals surface area contributed by atoms with E-state index in [-0.39, 0.29) is 34.2 Å². The van der Waals surface area contributed by atoms with Gasteiger partial charge in [-0.2, -0.15) is 0 Å². The average Bonchev–Trinajstić information content (AvgIpc) is 2.51. The molecule has 0 saturated carbocycles. The van der Waals surface area contributed by atoms with Crippen molar-refractivity contribution in [2.75, 3.05) is 6.61 Å². The highest BCUT2D eigenvalue weighted by Gasteiger charge is 2.20. The van der Waals surface area contributed by atoms with Crippen LogP contribution in [-0.4, -0.2) is 17.1 Å². The summed E-state index contributed by atoms with van der Waals surface area (Å²) in [6.45, 7) is 1.78. The molecule has 7 heteroatoms. The van der Waals surface area contributed by atoms with Gasteiger partial charge in [-0.3, -0.25) is 9.59 Å². The highest BCUT2D eigenvalue weighted by molar-refractivity contribution is 6.31. The van der Waals surface area contributed by atoms with E-state index in [9.17, 15) is 14.4 Å². The van der Waals surface area contributed by atoms with Gasteiger partial charge in [0, 0.05) is 18.3 Å². The Labute approximate surface area is 134 Å². The summed E-state index contributed by atoms with van der Waals surface area (Å²) in [5.74, 6) is -0.756. The number of halogens is 1. The maximum absolute atomic E-state index is 12.6. The minimum atomic E-state index is -0.756. The molecule has 0 spiro atoms. The van der Waals surface area contributed by atoms with Crippen LogP contribution < -0.4 is 10.9 Å². The second-order valence-electron chi connectivity index (χ2n) is 4.95. The second-order valence-corrected chi connectivity index (χ2v) is 5.39. The molecule has 6 nitrogen and oxygen atoms in total. The largest absolute Gasteiger partial charge is 0.462 e. The van der Waals surface area contributed by atoms with E-state index in [0.29, 0.717) is 5.02 Å². The van der Waals surface area contributed by atoms with E-state index < -0.39 is 16.8 Å². The van der Waals surface area contributed by atoms with Gasteiger partial charge in [-0.15, -0.1) is 0 Å². The first-order chi connectivity index (χ1) is 10.9. The van der Waals surface area contributed by atoms with Crippen molar-refractivity contribution in [2.24, 2.45) is 7.05 Å². The van der Waals surface area contributed by atoms with E-state index in [0.717, 1.165) is 0 Å². The van der Waals surface area contributed by atoms with Crippen LogP contribution >= 0.6 is 11.6 Å². The summed E-state index contributed by atoms with van der Waals surface area (Å²) in [6, 6.07) is 4.54. The topological polar surface area (TPSA) is 78.5 Å². The Balaban J connectivity index is 2.46. The first-order valence-corrected chi connectivity index (χ1v) is 7.24. The first kappa shape index (κ1) is 15.3. The lowest BCUT2D eigenvalue weighted by Gasteiger charge is -2.08. The number of nitrogens with zero attached hydrogens (tertiary/aromatic N) is 1. The van der Waals surface area contributed by atoms with Gasteiger partial charge in [0.15, 0.2) is 0 Å². The maximum atomic E-state index is 12.6. The Bertz CT molecular complexity index is 1060. The van der Waals surface area contributed by atoms with Gasteiger partial charge < -0.3 is 13.7 Å². The van der Waals surface area contributed by atoms with Crippen molar-refractivity contribution in [3.63, 3.8) is 0 Å². The van der Waals surface area contributed by atoms with Gasteiger partial charge in [-0.1, -0.05) is 11.6 Å². The van der Waals surface area contributed by atoms with Crippen molar-refractivity contribution in [3.05, 3.63) is 55.4 Å². The van der Waals surface area contributed by atoms with E-state index in [2.05, 4.69) is 0 Å². The van der Waals surface area contributed by atoms with Gasteiger partial charge in [-0.05, 0) is 25.1 Å². The number of hydrogen-bond donors (Lipinski definition) is 0. The molecule has 23 heavy (non-hydrogen) atoms. The molecule has 3 aromatic rings. The number of rotatable bonds is 2. The third-order valence-corrected chi connectivity index (χ3v) is 3.69. The molecule has 0 N–H and O–H groups in total. The number of esters is 1. The van der Waals surface area contributed by atoms with Gasteiger partial charge >= 0.3 is 5.97 Å². The standard InChI is InChI=1S/C16H12ClNO5/c1-3-22-16(21)10-7-18(2)12-13(19)9-6-8(17)4-5-11(9)23-15(12)14(10)20/h4-7H,3H2,1-2H3. The zero-order valence-electron chi connectivity index (χ0n) is 12.4. The molecule has 0 unspecified atom stereocenters. The summed E-state index contributed by atoms with van der Waals surface area (Å²) in [5, 5.41) is 0.654. The Kier molecular flexibility index (Phi) is 3.69. The molecule has 0 fully saturated rings. The predicted octanol–water partition coefficient (Wildman–Crippen LogP) is 2.48. The van der Waals surface area contributed by atoms with Crippen LogP contribution in [0.3, 0.4) is 0 Å². The fourth-order valence-electron chi connectivity index (χ4n) is 2.43. The van der Waals surface area contributed by atoms with Crippen molar-refractivity contribution in [1.82, 2.24) is 4.57 Å². The molecule has 0 aliphatic carbocycles. The Morgan fingerprint density at radius 3 is 2.74 bits per heavy atom. The summed E-state index contributed by atoms with van der Waals surface area (Å²) in [7, 11) is 1.55. The van der Waals surface area contributed by atoms with Gasteiger partial charge in [0.25, 0.3) is 0 Å². The lowest BCUT2D eigenvalue weighted by Crippen LogP contribution is -2.23. The van der Waals surface area contributed by atoms with Crippen LogP contribution in [0.2, 0.25) is 5.02 Å². The molecule has 2 heterocycles. The summed E-state index contributed by atoms with van der Waals surface area (Å²) in [5.41, 5.74) is -1.14. The summed E-state index contributed by atoms with van der Waals surface area (Å²) < 4.78 is 11.8. The summed E-state index contributed by atoms with van der Waals surface area (Å²) in [6.07, 6.45) is 1.27. The first-order valence-electron chi connectivity index (χ1n) is 6.87. The molecular formula is C16H12ClNO5. The highest BCUT2D eigenvalue weighted by atomic mass is 35.5. The van der Waals surface area contributed by atoms with Gasteiger partial charge in [0.2, 0.25) is 16.4 Å². The van der Waals surface area contributed by atoms with E-state index >= 15 is 0 Å². The SMILES string of the molecule is CCOC(=O)c1cn(C)c2c(=O)c3cc(Cl)ccc3oc2c1=O. The molecule has 0 bridgehead atoms. The van der Waals surface area contributed by atoms with Gasteiger partial charge in [0.1, 0.15) is 16.7 Å². The molecule has 0 amide bonds. The fraction of sp³-hybridized carbons (Fsp3) is 0.188. The molecule has 2 aromatic heterocycles. The van der Waals surface area contributed by atoms with Gasteiger partial charge in [-0.25, -0.2) is 4.79 Å². The van der Waals surface area contributed by atoms with Crippen molar-refractivity contribution in [3.8, 4) is 0 Å². The van der Waals surface area contributed by atoms with Crippen LogP contribution in [0, 0.1) is 0 Å². The number of benzene rings is 1.